The summed E-state index contributed by atoms with van der Waals surface area (Å²) in [7, 11) is -2.17. The molecule has 1 saturated carbocycles. The number of thiophene rings is 1. The Morgan fingerprint density at radius 2 is 2.09 bits per heavy atom. The minimum Gasteiger partial charge on any atom is -0.488 e. The Hall–Kier alpha value is -2.47. The number of carbonyl (C=O) groups is 2. The molecule has 1 aromatic heterocycles. The maximum absolute atomic E-state index is 13.5. The van der Waals surface area contributed by atoms with Gasteiger partial charge in [0.1, 0.15) is 16.1 Å². The first-order chi connectivity index (χ1) is 16.6. The molecular formula is C24H31N3O6S2. The predicted molar refractivity (Wildman–Crippen MR) is 133 cm³/mol. The summed E-state index contributed by atoms with van der Waals surface area (Å²) in [6.07, 6.45) is 1.17. The summed E-state index contributed by atoms with van der Waals surface area (Å²) >= 11 is 1.15. The van der Waals surface area contributed by atoms with Crippen LogP contribution in [0.3, 0.4) is 0 Å². The van der Waals surface area contributed by atoms with E-state index in [1.165, 1.54) is 11.4 Å². The number of sulfonamides is 1. The number of nitrogens with one attached hydrogen (secondary N) is 1. The third-order valence-corrected chi connectivity index (χ3v) is 9.67. The van der Waals surface area contributed by atoms with Crippen LogP contribution in [0.15, 0.2) is 39.9 Å². The number of likely N-dealkylation sites (N-methyl/N-ethyl adjacent to an activating group) is 1. The summed E-state index contributed by atoms with van der Waals surface area (Å²) in [5.74, 6) is -0.282. The van der Waals surface area contributed by atoms with Crippen LogP contribution in [0.1, 0.15) is 37.0 Å². The highest BCUT2D eigenvalue weighted by Crippen LogP contribution is 2.33. The summed E-state index contributed by atoms with van der Waals surface area (Å²) in [6.45, 7) is 3.79. The number of aliphatic hydroxyl groups is 1. The highest BCUT2D eigenvalue weighted by molar-refractivity contribution is 7.91. The van der Waals surface area contributed by atoms with E-state index in [1.807, 2.05) is 6.92 Å². The minimum atomic E-state index is -3.68. The van der Waals surface area contributed by atoms with Gasteiger partial charge in [0.2, 0.25) is 5.91 Å². The number of carbonyl (C=O) groups excluding carboxylic acids is 2. The van der Waals surface area contributed by atoms with Gasteiger partial charge in [-0.05, 0) is 49.4 Å². The summed E-state index contributed by atoms with van der Waals surface area (Å²) in [5, 5.41) is 14.4. The monoisotopic (exact) mass is 521 g/mol. The second-order valence-electron chi connectivity index (χ2n) is 9.31. The summed E-state index contributed by atoms with van der Waals surface area (Å²) < 4.78 is 33.8. The van der Waals surface area contributed by atoms with Crippen LogP contribution in [-0.4, -0.2) is 73.4 Å². The topological polar surface area (TPSA) is 116 Å². The molecule has 2 aliphatic rings. The zero-order valence-electron chi connectivity index (χ0n) is 20.0. The number of rotatable bonds is 8. The van der Waals surface area contributed by atoms with Crippen molar-refractivity contribution < 1.29 is 27.9 Å². The number of aliphatic hydroxyl groups excluding tert-OH is 1. The zero-order chi connectivity index (χ0) is 25.3. The van der Waals surface area contributed by atoms with E-state index in [1.54, 1.807) is 47.5 Å². The Balaban J connectivity index is 1.65. The molecule has 0 unspecified atom stereocenters. The van der Waals surface area contributed by atoms with Gasteiger partial charge in [0.25, 0.3) is 15.9 Å². The smallest absolute Gasteiger partial charge is 0.258 e. The molecule has 2 heterocycles. The van der Waals surface area contributed by atoms with E-state index >= 15 is 0 Å². The number of hydrogen-bond acceptors (Lipinski definition) is 7. The molecule has 1 aliphatic carbocycles. The molecule has 190 valence electrons. The van der Waals surface area contributed by atoms with Crippen LogP contribution in [0.4, 0.5) is 5.69 Å². The maximum Gasteiger partial charge on any atom is 0.258 e. The molecule has 11 heteroatoms. The van der Waals surface area contributed by atoms with Crippen LogP contribution in [0.2, 0.25) is 0 Å². The van der Waals surface area contributed by atoms with Crippen LogP contribution < -0.4 is 10.1 Å². The van der Waals surface area contributed by atoms with Gasteiger partial charge in [0.05, 0.1) is 24.8 Å². The molecule has 3 atom stereocenters. The van der Waals surface area contributed by atoms with Gasteiger partial charge in [0, 0.05) is 31.1 Å². The van der Waals surface area contributed by atoms with Crippen molar-refractivity contribution in [1.82, 2.24) is 9.21 Å². The standard InChI is InChI=1S/C24H31N3O6S2/c1-15-12-27(16(2)14-28)24(30)19-11-18(25-23(29)17-6-7-17)8-9-20(19)33-21(15)13-26(3)35(31,32)22-5-4-10-34-22/h4-5,8-11,15-17,21,28H,6-7,12-14H2,1-3H3,(H,25,29)/t15-,16+,21-/m1/s1. The first-order valence-corrected chi connectivity index (χ1v) is 14.0. The Morgan fingerprint density at radius 3 is 2.71 bits per heavy atom. The van der Waals surface area contributed by atoms with Crippen LogP contribution in [0.25, 0.3) is 0 Å². The lowest BCUT2D eigenvalue weighted by Gasteiger charge is -2.38. The first kappa shape index (κ1) is 25.6. The molecule has 35 heavy (non-hydrogen) atoms. The van der Waals surface area contributed by atoms with E-state index in [9.17, 15) is 23.1 Å². The van der Waals surface area contributed by atoms with Crippen LogP contribution in [0.5, 0.6) is 5.75 Å². The van der Waals surface area contributed by atoms with Crippen LogP contribution in [-0.2, 0) is 14.8 Å². The number of amides is 2. The van der Waals surface area contributed by atoms with E-state index in [2.05, 4.69) is 5.32 Å². The van der Waals surface area contributed by atoms with Crippen molar-refractivity contribution in [3.63, 3.8) is 0 Å². The fraction of sp³-hybridized carbons (Fsp3) is 0.500. The van der Waals surface area contributed by atoms with Crippen molar-refractivity contribution in [2.24, 2.45) is 11.8 Å². The van der Waals surface area contributed by atoms with Crippen molar-refractivity contribution in [1.29, 1.82) is 0 Å². The van der Waals surface area contributed by atoms with E-state index in [0.717, 1.165) is 24.2 Å². The van der Waals surface area contributed by atoms with E-state index in [-0.39, 0.29) is 53.1 Å². The fourth-order valence-electron chi connectivity index (χ4n) is 4.02. The molecule has 0 spiro atoms. The van der Waals surface area contributed by atoms with Gasteiger partial charge in [-0.1, -0.05) is 13.0 Å². The Morgan fingerprint density at radius 1 is 1.34 bits per heavy atom. The van der Waals surface area contributed by atoms with E-state index in [0.29, 0.717) is 11.4 Å². The van der Waals surface area contributed by atoms with Gasteiger partial charge in [-0.25, -0.2) is 8.42 Å². The van der Waals surface area contributed by atoms with Gasteiger partial charge >= 0.3 is 0 Å². The molecule has 1 fully saturated rings. The molecule has 2 amide bonds. The molecule has 0 radical (unpaired) electrons. The van der Waals surface area contributed by atoms with Crippen molar-refractivity contribution in [3.8, 4) is 5.75 Å². The van der Waals surface area contributed by atoms with E-state index < -0.39 is 22.2 Å². The van der Waals surface area contributed by atoms with Gasteiger partial charge in [0.15, 0.2) is 0 Å². The second kappa shape index (κ2) is 10.3. The number of hydrogen-bond donors (Lipinski definition) is 2. The number of nitrogens with zero attached hydrogens (tertiary/aromatic N) is 2. The lowest BCUT2D eigenvalue weighted by atomic mass is 9.99. The molecule has 4 rings (SSSR count). The third-order valence-electron chi connectivity index (χ3n) is 6.48. The highest BCUT2D eigenvalue weighted by atomic mass is 32.2. The Kier molecular flexibility index (Phi) is 7.51. The van der Waals surface area contributed by atoms with Crippen LogP contribution in [0, 0.1) is 11.8 Å². The largest absolute Gasteiger partial charge is 0.488 e. The normalized spacial score (nSPS) is 21.6. The Labute approximate surface area is 209 Å². The number of fused-ring (bicyclic) bond motifs is 1. The highest BCUT2D eigenvalue weighted by Gasteiger charge is 2.36. The number of ether oxygens (including phenoxy) is 1. The maximum atomic E-state index is 13.5. The average molecular weight is 522 g/mol. The molecule has 1 aromatic carbocycles. The van der Waals surface area contributed by atoms with Gasteiger partial charge in [-0.2, -0.15) is 4.31 Å². The fourth-order valence-corrected chi connectivity index (χ4v) is 6.41. The first-order valence-electron chi connectivity index (χ1n) is 11.6. The van der Waals surface area contributed by atoms with Gasteiger partial charge < -0.3 is 20.1 Å². The third kappa shape index (κ3) is 5.53. The predicted octanol–water partition coefficient (Wildman–Crippen LogP) is 2.64. The molecule has 0 bridgehead atoms. The molecule has 2 aromatic rings. The molecule has 1 aliphatic heterocycles. The lowest BCUT2D eigenvalue weighted by Crippen LogP contribution is -2.50. The van der Waals surface area contributed by atoms with Crippen molar-refractivity contribution in [3.05, 3.63) is 41.3 Å². The average Bonchev–Trinajstić information content (AvgIpc) is 3.54. The van der Waals surface area contributed by atoms with Gasteiger partial charge in [-0.3, -0.25) is 9.59 Å². The lowest BCUT2D eigenvalue weighted by molar-refractivity contribution is -0.117. The van der Waals surface area contributed by atoms with Crippen molar-refractivity contribution >= 4 is 38.9 Å². The summed E-state index contributed by atoms with van der Waals surface area (Å²) in [6, 6.07) is 7.71. The number of benzene rings is 1. The molecule has 9 nitrogen and oxygen atoms in total. The van der Waals surface area contributed by atoms with Crippen molar-refractivity contribution in [2.75, 3.05) is 32.1 Å². The molecular weight excluding hydrogens is 490 g/mol. The molecule has 0 saturated heterocycles. The second-order valence-corrected chi connectivity index (χ2v) is 12.5. The summed E-state index contributed by atoms with van der Waals surface area (Å²) in [4.78, 5) is 27.3. The van der Waals surface area contributed by atoms with E-state index in [4.69, 9.17) is 4.74 Å². The van der Waals surface area contributed by atoms with Crippen molar-refractivity contribution in [2.45, 2.75) is 43.0 Å². The zero-order valence-corrected chi connectivity index (χ0v) is 21.6. The summed E-state index contributed by atoms with van der Waals surface area (Å²) in [5.41, 5.74) is 0.760. The SMILES string of the molecule is C[C@@H]1CN([C@@H](C)CO)C(=O)c2cc(NC(=O)C3CC3)ccc2O[C@@H]1CN(C)S(=O)(=O)c1cccs1. The van der Waals surface area contributed by atoms with Crippen LogP contribution >= 0.6 is 11.3 Å². The number of anilines is 1. The quantitative estimate of drug-likeness (QED) is 0.552. The van der Waals surface area contributed by atoms with Gasteiger partial charge in [-0.15, -0.1) is 11.3 Å². The Bertz CT molecular complexity index is 1180. The minimum absolute atomic E-state index is 0.0148. The molecule has 2 N–H and O–H groups in total.